The molecule has 2 aliphatic carbocycles. The predicted molar refractivity (Wildman–Crippen MR) is 220 cm³/mol. The van der Waals surface area contributed by atoms with Crippen molar-refractivity contribution in [3.63, 3.8) is 0 Å². The molecule has 4 aromatic carbocycles. The predicted octanol–water partition coefficient (Wildman–Crippen LogP) is 14.3. The molecule has 0 radical (unpaired) electrons. The van der Waals surface area contributed by atoms with Gasteiger partial charge in [-0.15, -0.1) is 0 Å². The van der Waals surface area contributed by atoms with E-state index < -0.39 is 26.6 Å². The summed E-state index contributed by atoms with van der Waals surface area (Å²) in [6.45, 7) is 29.8. The van der Waals surface area contributed by atoms with Crippen molar-refractivity contribution < 1.29 is 20.6 Å². The van der Waals surface area contributed by atoms with E-state index in [0.29, 0.717) is 19.2 Å². The summed E-state index contributed by atoms with van der Waals surface area (Å²) in [6, 6.07) is 33.2. The summed E-state index contributed by atoms with van der Waals surface area (Å²) in [5.74, 6) is 0.0333. The summed E-state index contributed by atoms with van der Waals surface area (Å²) in [5, 5.41) is 0. The zero-order valence-electron chi connectivity index (χ0n) is 33.0. The second-order valence-corrected chi connectivity index (χ2v) is 45.6. The first kappa shape index (κ1) is 37.2. The SMILES string of the molecule is CCC(C)c1ccccc1-c1cccc2c1C=C(C(C)(C)C)[CH]2[Hf]([CH]1C(C(C)(C)C)=Cc2c(-c3ccccc3C(C)CC)cccc21)[SiH](C)C. The maximum atomic E-state index is 2.72. The van der Waals surface area contributed by atoms with Crippen LogP contribution < -0.4 is 0 Å². The molecule has 0 fully saturated rings. The zero-order valence-corrected chi connectivity index (χ0v) is 37.8. The fourth-order valence-electron chi connectivity index (χ4n) is 8.91. The molecule has 0 spiro atoms. The van der Waals surface area contributed by atoms with Gasteiger partial charge in [-0.05, 0) is 0 Å². The number of hydrogen-bond donors (Lipinski definition) is 0. The first-order valence-electron chi connectivity index (χ1n) is 19.4. The molecule has 0 saturated carbocycles. The quantitative estimate of drug-likeness (QED) is 0.147. The standard InChI is InChI=1S/2C23H27.C2H7Si.Hf/c2*1-6-16(2)19-11-7-8-12-20(19)21-13-9-10-17-14-18(15-22(17)21)23(3,4)5;1-3-2;/h2*7-16H,6H2,1-5H3;3H,1-2H3;. The second-order valence-electron chi connectivity index (χ2n) is 17.6. The van der Waals surface area contributed by atoms with Gasteiger partial charge in [-0.3, -0.25) is 0 Å². The average Bonchev–Trinajstić information content (AvgIpc) is 3.68. The van der Waals surface area contributed by atoms with E-state index in [1.54, 1.807) is 22.3 Å². The number of hydrogen-bond acceptors (Lipinski definition) is 0. The molecule has 4 atom stereocenters. The minimum atomic E-state index is -2.60. The summed E-state index contributed by atoms with van der Waals surface area (Å²) in [5.41, 5.74) is 18.7. The Balaban J connectivity index is 1.58. The Hall–Kier alpha value is -2.55. The van der Waals surface area contributed by atoms with E-state index in [1.807, 2.05) is 0 Å². The van der Waals surface area contributed by atoms with E-state index in [2.05, 4.69) is 179 Å². The van der Waals surface area contributed by atoms with Gasteiger partial charge in [0.2, 0.25) is 0 Å². The Kier molecular flexibility index (Phi) is 10.8. The van der Waals surface area contributed by atoms with E-state index >= 15 is 0 Å². The number of allylic oxidation sites excluding steroid dienone is 2. The molecule has 50 heavy (non-hydrogen) atoms. The van der Waals surface area contributed by atoms with Crippen LogP contribution in [0.5, 0.6) is 0 Å². The normalized spacial score (nSPS) is 18.4. The van der Waals surface area contributed by atoms with E-state index in [9.17, 15) is 0 Å². The van der Waals surface area contributed by atoms with Crippen molar-refractivity contribution in [2.45, 2.75) is 114 Å². The Bertz CT molecular complexity index is 1790. The van der Waals surface area contributed by atoms with Crippen LogP contribution in [0, 0.1) is 10.8 Å². The van der Waals surface area contributed by atoms with Crippen molar-refractivity contribution in [1.82, 2.24) is 0 Å². The van der Waals surface area contributed by atoms with E-state index in [1.165, 1.54) is 44.5 Å². The summed E-state index contributed by atoms with van der Waals surface area (Å²) in [6.07, 6.45) is 7.70. The van der Waals surface area contributed by atoms with Gasteiger partial charge < -0.3 is 0 Å². The molecular weight excluding hydrogens is 783 g/mol. The maximum absolute atomic E-state index is 2.72. The molecule has 2 aliphatic rings. The van der Waals surface area contributed by atoms with Crippen LogP contribution in [0.3, 0.4) is 0 Å². The molecule has 0 aliphatic heterocycles. The van der Waals surface area contributed by atoms with Crippen molar-refractivity contribution in [3.8, 4) is 22.3 Å². The van der Waals surface area contributed by atoms with Gasteiger partial charge in [0.25, 0.3) is 0 Å². The third-order valence-corrected chi connectivity index (χ3v) is 42.4. The van der Waals surface area contributed by atoms with Crippen LogP contribution in [-0.2, 0) is 20.6 Å². The van der Waals surface area contributed by atoms with Gasteiger partial charge in [0.05, 0.1) is 0 Å². The number of benzene rings is 4. The van der Waals surface area contributed by atoms with Crippen molar-refractivity contribution in [2.24, 2.45) is 10.8 Å². The molecule has 0 nitrogen and oxygen atoms in total. The molecule has 2 heteroatoms. The molecule has 6 rings (SSSR count). The third-order valence-electron chi connectivity index (χ3n) is 12.0. The van der Waals surface area contributed by atoms with Gasteiger partial charge >= 0.3 is 316 Å². The monoisotopic (exact) mass is 845 g/mol. The minimum absolute atomic E-state index is 0.112. The van der Waals surface area contributed by atoms with Crippen molar-refractivity contribution in [2.75, 3.05) is 0 Å². The molecule has 0 heterocycles. The van der Waals surface area contributed by atoms with Gasteiger partial charge in [-0.1, -0.05) is 0 Å². The van der Waals surface area contributed by atoms with E-state index in [0.717, 1.165) is 12.8 Å². The summed E-state index contributed by atoms with van der Waals surface area (Å²) >= 11 is -2.60. The Morgan fingerprint density at radius 3 is 1.24 bits per heavy atom. The molecule has 0 saturated heterocycles. The third kappa shape index (κ3) is 6.74. The molecule has 0 N–H and O–H groups in total. The van der Waals surface area contributed by atoms with Crippen LogP contribution in [0.4, 0.5) is 0 Å². The molecule has 4 aromatic rings. The van der Waals surface area contributed by atoms with Crippen molar-refractivity contribution in [1.29, 1.82) is 0 Å². The summed E-state index contributed by atoms with van der Waals surface area (Å²) in [7, 11) is 0. The first-order chi connectivity index (χ1) is 23.7. The fraction of sp³-hybridized carbons (Fsp3) is 0.417. The van der Waals surface area contributed by atoms with Crippen molar-refractivity contribution >= 4 is 18.1 Å². The first-order valence-corrected chi connectivity index (χ1v) is 32.7. The Labute approximate surface area is 313 Å². The van der Waals surface area contributed by atoms with Gasteiger partial charge in [-0.25, -0.2) is 0 Å². The van der Waals surface area contributed by atoms with Crippen LogP contribution in [0.15, 0.2) is 96.1 Å². The second kappa shape index (κ2) is 14.5. The van der Waals surface area contributed by atoms with Crippen LogP contribution in [0.25, 0.3) is 34.4 Å². The average molecular weight is 845 g/mol. The molecule has 4 unspecified atom stereocenters. The van der Waals surface area contributed by atoms with E-state index in [4.69, 9.17) is 0 Å². The van der Waals surface area contributed by atoms with Gasteiger partial charge in [-0.2, -0.15) is 0 Å². The molecule has 0 amide bonds. The molecular formula is C48H61HfSi. The van der Waals surface area contributed by atoms with Gasteiger partial charge in [0.15, 0.2) is 0 Å². The van der Waals surface area contributed by atoms with Crippen LogP contribution in [-0.4, -0.2) is 5.98 Å². The Morgan fingerprint density at radius 1 is 0.540 bits per heavy atom. The Morgan fingerprint density at radius 2 is 0.900 bits per heavy atom. The van der Waals surface area contributed by atoms with Crippen molar-refractivity contribution in [3.05, 3.63) is 129 Å². The number of fused-ring (bicyclic) bond motifs is 2. The fourth-order valence-corrected chi connectivity index (χ4v) is 42.4. The van der Waals surface area contributed by atoms with Crippen LogP contribution in [0.1, 0.15) is 135 Å². The van der Waals surface area contributed by atoms with Crippen LogP contribution >= 0.6 is 0 Å². The van der Waals surface area contributed by atoms with E-state index in [-0.39, 0.29) is 10.8 Å². The number of rotatable bonds is 9. The zero-order chi connectivity index (χ0) is 36.1. The topological polar surface area (TPSA) is 0 Å². The molecule has 0 bridgehead atoms. The summed E-state index contributed by atoms with van der Waals surface area (Å²) in [4.78, 5) is 0. The van der Waals surface area contributed by atoms with Gasteiger partial charge in [0, 0.05) is 0 Å². The van der Waals surface area contributed by atoms with Crippen LogP contribution in [0.2, 0.25) is 13.1 Å². The van der Waals surface area contributed by atoms with Gasteiger partial charge in [0.1, 0.15) is 0 Å². The molecule has 261 valence electrons. The molecule has 0 aromatic heterocycles. The summed E-state index contributed by atoms with van der Waals surface area (Å²) < 4.78 is 1.21.